The van der Waals surface area contributed by atoms with Gasteiger partial charge < -0.3 is 64.7 Å². The monoisotopic (exact) mass is 1010 g/mol. The SMILES string of the molecule is CCCCCC/C=C\CCCCCCCC(=O)O[C@H](COC(=O)CCCCCCCCCCCCCCCCCC)COP(=O)(O)O[C@@H]1C(O)C(O)[C@@H](O)C(O)[C@H]1O[C@H]1OC(CO)[C@@H](O)C(O)[C@H]1O. The molecular weight excluding hydrogens is 920 g/mol. The van der Waals surface area contributed by atoms with Crippen LogP contribution in [0.3, 0.4) is 0 Å². The number of phosphoric ester groups is 1. The van der Waals surface area contributed by atoms with E-state index in [0.717, 1.165) is 64.2 Å². The molecule has 13 atom stereocenters. The van der Waals surface area contributed by atoms with Crippen molar-refractivity contribution in [1.82, 2.24) is 0 Å². The van der Waals surface area contributed by atoms with Gasteiger partial charge in [0.15, 0.2) is 12.4 Å². The minimum atomic E-state index is -5.37. The Hall–Kier alpha value is -1.61. The topological polar surface area (TPSA) is 289 Å². The number of carbonyl (C=O) groups is 2. The number of allylic oxidation sites excluding steroid dienone is 2. The molecule has 1 heterocycles. The molecule has 1 aliphatic heterocycles. The minimum absolute atomic E-state index is 0.0257. The lowest BCUT2D eigenvalue weighted by Gasteiger charge is -2.47. The van der Waals surface area contributed by atoms with Gasteiger partial charge >= 0.3 is 19.8 Å². The lowest BCUT2D eigenvalue weighted by molar-refractivity contribution is -0.338. The molecule has 9 N–H and O–H groups in total. The molecule has 0 amide bonds. The van der Waals surface area contributed by atoms with Gasteiger partial charge in [-0.25, -0.2) is 4.57 Å². The summed E-state index contributed by atoms with van der Waals surface area (Å²) in [5.41, 5.74) is 0. The standard InChI is InChI=1S/C50H93O18P/c1-3-5-7-9-11-13-15-17-18-19-21-22-24-26-28-30-32-39(52)63-35-37(65-40(53)33-31-29-27-25-23-20-16-14-12-10-8-6-4-2)36-64-69(61,62)68-49-46(59)44(57)43(56)45(58)48(49)67-50-47(60)42(55)41(54)38(34-51)66-50/h14,16,37-38,41-51,54-60H,3-13,15,17-36H2,1-2H3,(H,61,62)/b16-14-/t37-,38?,41-,42?,43-,44?,45?,46?,47-,48-,49-,50-/m1/s1. The number of hydrogen-bond acceptors (Lipinski definition) is 17. The van der Waals surface area contributed by atoms with E-state index in [4.69, 9.17) is 28.0 Å². The fourth-order valence-corrected chi connectivity index (χ4v) is 9.55. The smallest absolute Gasteiger partial charge is 0.462 e. The second kappa shape index (κ2) is 38.0. The van der Waals surface area contributed by atoms with Crippen LogP contribution in [0.5, 0.6) is 0 Å². The molecule has 0 radical (unpaired) electrons. The van der Waals surface area contributed by atoms with Crippen molar-refractivity contribution in [3.63, 3.8) is 0 Å². The summed E-state index contributed by atoms with van der Waals surface area (Å²) in [4.78, 5) is 36.6. The van der Waals surface area contributed by atoms with Gasteiger partial charge in [0.1, 0.15) is 67.6 Å². The molecule has 6 unspecified atom stereocenters. The molecule has 2 fully saturated rings. The molecule has 0 bridgehead atoms. The molecule has 1 saturated carbocycles. The van der Waals surface area contributed by atoms with Crippen LogP contribution in [0.1, 0.15) is 200 Å². The number of esters is 2. The quantitative estimate of drug-likeness (QED) is 0.0137. The first-order valence-corrected chi connectivity index (χ1v) is 28.0. The third-order valence-electron chi connectivity index (χ3n) is 13.0. The summed E-state index contributed by atoms with van der Waals surface area (Å²) in [7, 11) is -5.37. The zero-order chi connectivity index (χ0) is 50.9. The average Bonchev–Trinajstić information content (AvgIpc) is 3.33. The Bertz CT molecular complexity index is 1390. The van der Waals surface area contributed by atoms with Gasteiger partial charge in [0.2, 0.25) is 0 Å². The summed E-state index contributed by atoms with van der Waals surface area (Å²) in [5.74, 6) is -1.22. The molecule has 69 heavy (non-hydrogen) atoms. The van der Waals surface area contributed by atoms with Gasteiger partial charge in [-0.05, 0) is 38.5 Å². The predicted molar refractivity (Wildman–Crippen MR) is 259 cm³/mol. The van der Waals surface area contributed by atoms with E-state index in [1.807, 2.05) is 0 Å². The normalized spacial score (nSPS) is 27.6. The number of ether oxygens (including phenoxy) is 4. The van der Waals surface area contributed by atoms with E-state index in [2.05, 4.69) is 26.0 Å². The van der Waals surface area contributed by atoms with Crippen molar-refractivity contribution in [2.45, 2.75) is 273 Å². The molecule has 1 aliphatic carbocycles. The van der Waals surface area contributed by atoms with Crippen LogP contribution in [0, 0.1) is 0 Å². The molecular formula is C50H93O18P. The van der Waals surface area contributed by atoms with Crippen molar-refractivity contribution in [2.24, 2.45) is 0 Å². The fourth-order valence-electron chi connectivity index (χ4n) is 8.58. The number of unbranched alkanes of at least 4 members (excludes halogenated alkanes) is 24. The number of hydrogen-bond donors (Lipinski definition) is 9. The largest absolute Gasteiger partial charge is 0.472 e. The Kier molecular flexibility index (Phi) is 35.0. The minimum Gasteiger partial charge on any atom is -0.462 e. The first kappa shape index (κ1) is 63.5. The predicted octanol–water partition coefficient (Wildman–Crippen LogP) is 6.49. The van der Waals surface area contributed by atoms with Crippen LogP contribution in [-0.4, -0.2) is 151 Å². The Morgan fingerprint density at radius 2 is 0.957 bits per heavy atom. The van der Waals surface area contributed by atoms with Gasteiger partial charge in [-0.15, -0.1) is 0 Å². The summed E-state index contributed by atoms with van der Waals surface area (Å²) in [6, 6.07) is 0. The summed E-state index contributed by atoms with van der Waals surface area (Å²) < 4.78 is 45.5. The maximum Gasteiger partial charge on any atom is 0.472 e. The molecule has 2 aliphatic rings. The third kappa shape index (κ3) is 26.8. The Morgan fingerprint density at radius 1 is 0.536 bits per heavy atom. The highest BCUT2D eigenvalue weighted by molar-refractivity contribution is 7.47. The molecule has 0 aromatic rings. The van der Waals surface area contributed by atoms with Gasteiger partial charge in [-0.1, -0.05) is 161 Å². The fraction of sp³-hybridized carbons (Fsp3) is 0.920. The van der Waals surface area contributed by atoms with Gasteiger partial charge in [-0.3, -0.25) is 18.6 Å². The van der Waals surface area contributed by atoms with Crippen LogP contribution in [0.2, 0.25) is 0 Å². The Balaban J connectivity index is 1.92. The molecule has 1 saturated heterocycles. The van der Waals surface area contributed by atoms with Crippen molar-refractivity contribution >= 4 is 19.8 Å². The second-order valence-electron chi connectivity index (χ2n) is 19.1. The van der Waals surface area contributed by atoms with Crippen molar-refractivity contribution in [2.75, 3.05) is 19.8 Å². The summed E-state index contributed by atoms with van der Waals surface area (Å²) in [6.07, 6.45) is 11.5. The van der Waals surface area contributed by atoms with E-state index < -0.39 is 113 Å². The number of aliphatic hydroxyl groups is 8. The highest BCUT2D eigenvalue weighted by atomic mass is 31.2. The molecule has 0 spiro atoms. The maximum absolute atomic E-state index is 13.4. The van der Waals surface area contributed by atoms with Gasteiger partial charge in [-0.2, -0.15) is 0 Å². The van der Waals surface area contributed by atoms with Gasteiger partial charge in [0.25, 0.3) is 0 Å². The summed E-state index contributed by atoms with van der Waals surface area (Å²) in [6.45, 7) is 2.22. The number of carbonyl (C=O) groups excluding carboxylic acids is 2. The third-order valence-corrected chi connectivity index (χ3v) is 14.0. The second-order valence-corrected chi connectivity index (χ2v) is 20.5. The summed E-state index contributed by atoms with van der Waals surface area (Å²) >= 11 is 0. The van der Waals surface area contributed by atoms with Crippen LogP contribution < -0.4 is 0 Å². The Morgan fingerprint density at radius 3 is 1.45 bits per heavy atom. The molecule has 18 nitrogen and oxygen atoms in total. The number of rotatable bonds is 41. The van der Waals surface area contributed by atoms with Crippen molar-refractivity contribution in [1.29, 1.82) is 0 Å². The van der Waals surface area contributed by atoms with E-state index in [-0.39, 0.29) is 12.8 Å². The maximum atomic E-state index is 13.4. The van der Waals surface area contributed by atoms with Gasteiger partial charge in [0, 0.05) is 12.8 Å². The molecule has 0 aromatic carbocycles. The number of phosphoric acid groups is 1. The van der Waals surface area contributed by atoms with E-state index in [1.165, 1.54) is 96.3 Å². The van der Waals surface area contributed by atoms with Crippen LogP contribution >= 0.6 is 7.82 Å². The van der Waals surface area contributed by atoms with Crippen LogP contribution in [0.15, 0.2) is 12.2 Å². The zero-order valence-corrected chi connectivity index (χ0v) is 42.8. The molecule has 2 rings (SSSR count). The van der Waals surface area contributed by atoms with Crippen molar-refractivity contribution < 1.29 is 87.9 Å². The first-order valence-electron chi connectivity index (χ1n) is 26.5. The molecule has 19 heteroatoms. The van der Waals surface area contributed by atoms with Crippen molar-refractivity contribution in [3.05, 3.63) is 12.2 Å². The van der Waals surface area contributed by atoms with Gasteiger partial charge in [0.05, 0.1) is 13.2 Å². The van der Waals surface area contributed by atoms with E-state index in [9.17, 15) is 59.9 Å². The first-order chi connectivity index (χ1) is 33.2. The molecule has 0 aromatic heterocycles. The Labute approximate surface area is 412 Å². The van der Waals surface area contributed by atoms with Crippen LogP contribution in [-0.2, 0) is 42.1 Å². The highest BCUT2D eigenvalue weighted by Crippen LogP contribution is 2.48. The average molecular weight is 1010 g/mol. The van der Waals surface area contributed by atoms with Crippen molar-refractivity contribution in [3.8, 4) is 0 Å². The van der Waals surface area contributed by atoms with E-state index in [1.54, 1.807) is 0 Å². The van der Waals surface area contributed by atoms with E-state index >= 15 is 0 Å². The summed E-state index contributed by atoms with van der Waals surface area (Å²) in [5, 5.41) is 83.0. The number of aliphatic hydroxyl groups excluding tert-OH is 8. The van der Waals surface area contributed by atoms with E-state index in [0.29, 0.717) is 12.8 Å². The zero-order valence-electron chi connectivity index (χ0n) is 41.9. The van der Waals surface area contributed by atoms with Crippen LogP contribution in [0.25, 0.3) is 0 Å². The lowest BCUT2D eigenvalue weighted by atomic mass is 9.84. The molecule has 406 valence electrons. The van der Waals surface area contributed by atoms with Crippen LogP contribution in [0.4, 0.5) is 0 Å². The highest BCUT2D eigenvalue weighted by Gasteiger charge is 2.55. The lowest BCUT2D eigenvalue weighted by Crippen LogP contribution is -2.67.